The number of carbonyl (C=O) groups is 1. The first kappa shape index (κ1) is 14.0. The SMILES string of the molecule is CC(CNC(=O)[C@@H]1Cc2ccccc2CN1)N(C)C. The Balaban J connectivity index is 1.89. The summed E-state index contributed by atoms with van der Waals surface area (Å²) in [5, 5.41) is 6.32. The molecule has 4 heteroatoms. The van der Waals surface area contributed by atoms with Gasteiger partial charge < -0.3 is 15.5 Å². The van der Waals surface area contributed by atoms with Crippen LogP contribution in [0.1, 0.15) is 18.1 Å². The second kappa shape index (κ2) is 6.17. The van der Waals surface area contributed by atoms with Crippen molar-refractivity contribution in [3.63, 3.8) is 0 Å². The molecule has 0 spiro atoms. The summed E-state index contributed by atoms with van der Waals surface area (Å²) in [6.45, 7) is 3.56. The summed E-state index contributed by atoms with van der Waals surface area (Å²) in [4.78, 5) is 14.2. The van der Waals surface area contributed by atoms with Crippen LogP contribution in [0.2, 0.25) is 0 Å². The Morgan fingerprint density at radius 2 is 2.11 bits per heavy atom. The van der Waals surface area contributed by atoms with Crippen molar-refractivity contribution < 1.29 is 4.79 Å². The van der Waals surface area contributed by atoms with Gasteiger partial charge >= 0.3 is 0 Å². The fraction of sp³-hybridized carbons (Fsp3) is 0.533. The van der Waals surface area contributed by atoms with Gasteiger partial charge in [0.05, 0.1) is 6.04 Å². The Hall–Kier alpha value is -1.39. The van der Waals surface area contributed by atoms with Crippen molar-refractivity contribution in [3.05, 3.63) is 35.4 Å². The Labute approximate surface area is 115 Å². The van der Waals surface area contributed by atoms with Crippen LogP contribution < -0.4 is 10.6 Å². The first-order valence-electron chi connectivity index (χ1n) is 6.82. The van der Waals surface area contributed by atoms with Crippen LogP contribution in [0.4, 0.5) is 0 Å². The number of likely N-dealkylation sites (N-methyl/N-ethyl adjacent to an activating group) is 1. The minimum Gasteiger partial charge on any atom is -0.353 e. The third-order valence-electron chi connectivity index (χ3n) is 3.85. The fourth-order valence-electron chi connectivity index (χ4n) is 2.19. The summed E-state index contributed by atoms with van der Waals surface area (Å²) in [5.74, 6) is 0.100. The van der Waals surface area contributed by atoms with Crippen LogP contribution in [0.5, 0.6) is 0 Å². The number of benzene rings is 1. The third-order valence-corrected chi connectivity index (χ3v) is 3.85. The average Bonchev–Trinajstić information content (AvgIpc) is 2.43. The molecule has 0 saturated carbocycles. The molecule has 2 rings (SSSR count). The Morgan fingerprint density at radius 1 is 1.42 bits per heavy atom. The lowest BCUT2D eigenvalue weighted by atomic mass is 9.95. The van der Waals surface area contributed by atoms with Gasteiger partial charge in [-0.15, -0.1) is 0 Å². The zero-order valence-electron chi connectivity index (χ0n) is 11.9. The van der Waals surface area contributed by atoms with Crippen LogP contribution in [0.15, 0.2) is 24.3 Å². The molecule has 4 nitrogen and oxygen atoms in total. The van der Waals surface area contributed by atoms with Gasteiger partial charge in [0.1, 0.15) is 0 Å². The molecular formula is C15H23N3O. The van der Waals surface area contributed by atoms with Gasteiger partial charge in [0.25, 0.3) is 0 Å². The van der Waals surface area contributed by atoms with Gasteiger partial charge in [-0.05, 0) is 38.6 Å². The minimum atomic E-state index is -0.107. The van der Waals surface area contributed by atoms with Crippen LogP contribution >= 0.6 is 0 Å². The Morgan fingerprint density at radius 3 is 2.79 bits per heavy atom. The molecule has 1 aliphatic rings. The third kappa shape index (κ3) is 3.55. The topological polar surface area (TPSA) is 44.4 Å². The van der Waals surface area contributed by atoms with Crippen LogP contribution in [0, 0.1) is 0 Å². The van der Waals surface area contributed by atoms with E-state index in [4.69, 9.17) is 0 Å². The molecule has 0 aliphatic carbocycles. The lowest BCUT2D eigenvalue weighted by Crippen LogP contribution is -2.50. The highest BCUT2D eigenvalue weighted by molar-refractivity contribution is 5.82. The lowest BCUT2D eigenvalue weighted by molar-refractivity contribution is -0.123. The van der Waals surface area contributed by atoms with E-state index < -0.39 is 0 Å². The molecule has 19 heavy (non-hydrogen) atoms. The van der Waals surface area contributed by atoms with Crippen molar-refractivity contribution >= 4 is 5.91 Å². The Bertz CT molecular complexity index is 445. The van der Waals surface area contributed by atoms with Crippen molar-refractivity contribution in [1.29, 1.82) is 0 Å². The molecule has 1 heterocycles. The maximum absolute atomic E-state index is 12.1. The summed E-state index contributed by atoms with van der Waals surface area (Å²) in [6, 6.07) is 8.54. The highest BCUT2D eigenvalue weighted by Gasteiger charge is 2.23. The smallest absolute Gasteiger partial charge is 0.237 e. The van der Waals surface area contributed by atoms with Crippen LogP contribution in [-0.2, 0) is 17.8 Å². The van der Waals surface area contributed by atoms with Gasteiger partial charge in [-0.2, -0.15) is 0 Å². The van der Waals surface area contributed by atoms with E-state index in [2.05, 4.69) is 34.6 Å². The normalized spacial score (nSPS) is 19.9. The van der Waals surface area contributed by atoms with Gasteiger partial charge in [0.15, 0.2) is 0 Å². The maximum Gasteiger partial charge on any atom is 0.237 e. The minimum absolute atomic E-state index is 0.100. The number of fused-ring (bicyclic) bond motifs is 1. The fourth-order valence-corrected chi connectivity index (χ4v) is 2.19. The van der Waals surface area contributed by atoms with E-state index >= 15 is 0 Å². The molecule has 1 aromatic rings. The van der Waals surface area contributed by atoms with Crippen molar-refractivity contribution in [2.75, 3.05) is 20.6 Å². The molecule has 1 amide bonds. The number of hydrogen-bond acceptors (Lipinski definition) is 3. The molecule has 0 bridgehead atoms. The number of hydrogen-bond donors (Lipinski definition) is 2. The van der Waals surface area contributed by atoms with Gasteiger partial charge in [-0.1, -0.05) is 24.3 Å². The van der Waals surface area contributed by atoms with Crippen LogP contribution in [0.25, 0.3) is 0 Å². The van der Waals surface area contributed by atoms with Gasteiger partial charge in [-0.25, -0.2) is 0 Å². The first-order valence-corrected chi connectivity index (χ1v) is 6.82. The molecule has 0 saturated heterocycles. The first-order chi connectivity index (χ1) is 9.08. The number of nitrogens with one attached hydrogen (secondary N) is 2. The summed E-state index contributed by atoms with van der Waals surface area (Å²) in [5.41, 5.74) is 2.58. The highest BCUT2D eigenvalue weighted by atomic mass is 16.2. The molecule has 0 radical (unpaired) electrons. The molecule has 104 valence electrons. The lowest BCUT2D eigenvalue weighted by Gasteiger charge is -2.26. The van der Waals surface area contributed by atoms with E-state index in [9.17, 15) is 4.79 Å². The molecule has 1 aromatic carbocycles. The quantitative estimate of drug-likeness (QED) is 0.841. The molecule has 0 fully saturated rings. The zero-order chi connectivity index (χ0) is 13.8. The van der Waals surface area contributed by atoms with Crippen LogP contribution in [-0.4, -0.2) is 43.5 Å². The van der Waals surface area contributed by atoms with Gasteiger partial charge in [0.2, 0.25) is 5.91 Å². The largest absolute Gasteiger partial charge is 0.353 e. The summed E-state index contributed by atoms with van der Waals surface area (Å²) >= 11 is 0. The van der Waals surface area contributed by atoms with Crippen LogP contribution in [0.3, 0.4) is 0 Å². The van der Waals surface area contributed by atoms with E-state index in [1.54, 1.807) is 0 Å². The second-order valence-corrected chi connectivity index (χ2v) is 5.46. The molecule has 0 aromatic heterocycles. The predicted molar refractivity (Wildman–Crippen MR) is 76.9 cm³/mol. The van der Waals surface area contributed by atoms with E-state index in [0.717, 1.165) is 13.0 Å². The Kier molecular flexibility index (Phi) is 4.56. The van der Waals surface area contributed by atoms with E-state index in [0.29, 0.717) is 12.6 Å². The monoisotopic (exact) mass is 261 g/mol. The van der Waals surface area contributed by atoms with Gasteiger partial charge in [-0.3, -0.25) is 4.79 Å². The number of carbonyl (C=O) groups excluding carboxylic acids is 1. The van der Waals surface area contributed by atoms with E-state index in [1.165, 1.54) is 11.1 Å². The molecule has 1 aliphatic heterocycles. The standard InChI is InChI=1S/C15H23N3O/c1-11(18(2)3)9-17-15(19)14-8-12-6-4-5-7-13(12)10-16-14/h4-7,11,14,16H,8-10H2,1-3H3,(H,17,19)/t11?,14-/m0/s1. The molecule has 2 atom stereocenters. The predicted octanol–water partition coefficient (Wildman–Crippen LogP) is 0.767. The van der Waals surface area contributed by atoms with Crippen molar-refractivity contribution in [2.45, 2.75) is 32.0 Å². The number of rotatable bonds is 4. The highest BCUT2D eigenvalue weighted by Crippen LogP contribution is 2.16. The van der Waals surface area contributed by atoms with E-state index in [-0.39, 0.29) is 11.9 Å². The number of amides is 1. The number of nitrogens with zero attached hydrogens (tertiary/aromatic N) is 1. The molecule has 2 N–H and O–H groups in total. The molecular weight excluding hydrogens is 238 g/mol. The zero-order valence-corrected chi connectivity index (χ0v) is 11.9. The average molecular weight is 261 g/mol. The summed E-state index contributed by atoms with van der Waals surface area (Å²) < 4.78 is 0. The maximum atomic E-state index is 12.1. The second-order valence-electron chi connectivity index (χ2n) is 5.46. The van der Waals surface area contributed by atoms with Crippen molar-refractivity contribution in [3.8, 4) is 0 Å². The molecule has 1 unspecified atom stereocenters. The summed E-state index contributed by atoms with van der Waals surface area (Å²) in [7, 11) is 4.04. The van der Waals surface area contributed by atoms with E-state index in [1.807, 2.05) is 26.2 Å². The summed E-state index contributed by atoms with van der Waals surface area (Å²) in [6.07, 6.45) is 0.776. The van der Waals surface area contributed by atoms with Gasteiger partial charge in [0, 0.05) is 19.1 Å². The van der Waals surface area contributed by atoms with Crippen molar-refractivity contribution in [2.24, 2.45) is 0 Å². The van der Waals surface area contributed by atoms with Crippen molar-refractivity contribution in [1.82, 2.24) is 15.5 Å².